The lowest BCUT2D eigenvalue weighted by atomic mass is 10.1. The molecule has 0 aliphatic heterocycles. The van der Waals surface area contributed by atoms with E-state index in [2.05, 4.69) is 10.6 Å². The highest BCUT2D eigenvalue weighted by Crippen LogP contribution is 2.27. The Morgan fingerprint density at radius 3 is 2.45 bits per heavy atom. The summed E-state index contributed by atoms with van der Waals surface area (Å²) in [7, 11) is 0. The van der Waals surface area contributed by atoms with E-state index >= 15 is 0 Å². The zero-order valence-corrected chi connectivity index (χ0v) is 16.5. The maximum Gasteiger partial charge on any atom is 0.335 e. The van der Waals surface area contributed by atoms with Crippen molar-refractivity contribution in [2.45, 2.75) is 20.8 Å². The van der Waals surface area contributed by atoms with Crippen LogP contribution in [0.25, 0.3) is 10.9 Å². The quantitative estimate of drug-likeness (QED) is 0.579. The number of amides is 1. The zero-order valence-electron chi connectivity index (χ0n) is 16.5. The highest BCUT2D eigenvalue weighted by atomic mass is 16.4. The molecular formula is C22H23N3O4. The molecule has 3 N–H and O–H groups in total. The minimum atomic E-state index is -1.08. The average molecular weight is 393 g/mol. The summed E-state index contributed by atoms with van der Waals surface area (Å²) < 4.78 is 1.43. The number of carboxylic acids is 1. The minimum absolute atomic E-state index is 0.0709. The first kappa shape index (κ1) is 20.1. The summed E-state index contributed by atoms with van der Waals surface area (Å²) in [6.07, 6.45) is 1.50. The molecule has 1 amide bonds. The van der Waals surface area contributed by atoms with Gasteiger partial charge >= 0.3 is 5.97 Å². The van der Waals surface area contributed by atoms with Gasteiger partial charge in [-0.25, -0.2) is 4.79 Å². The number of aromatic carboxylic acids is 1. The van der Waals surface area contributed by atoms with E-state index in [1.807, 2.05) is 13.8 Å². The van der Waals surface area contributed by atoms with Crippen molar-refractivity contribution >= 4 is 40.1 Å². The third kappa shape index (κ3) is 4.29. The van der Waals surface area contributed by atoms with Crippen molar-refractivity contribution < 1.29 is 19.5 Å². The van der Waals surface area contributed by atoms with Gasteiger partial charge in [0.05, 0.1) is 28.0 Å². The molecule has 1 aromatic heterocycles. The number of carboxylic acid groups (broad SMARTS) is 1. The van der Waals surface area contributed by atoms with E-state index in [4.69, 9.17) is 0 Å². The molecule has 0 bridgehead atoms. The smallest absolute Gasteiger partial charge is 0.335 e. The first-order valence-electron chi connectivity index (χ1n) is 9.31. The van der Waals surface area contributed by atoms with Gasteiger partial charge in [0.2, 0.25) is 5.91 Å². The van der Waals surface area contributed by atoms with E-state index < -0.39 is 11.9 Å². The van der Waals surface area contributed by atoms with E-state index in [0.29, 0.717) is 40.3 Å². The lowest BCUT2D eigenvalue weighted by Crippen LogP contribution is -2.16. The zero-order chi connectivity index (χ0) is 21.1. The molecule has 0 fully saturated rings. The van der Waals surface area contributed by atoms with Crippen LogP contribution in [0.4, 0.5) is 11.4 Å². The number of hydrogen-bond acceptors (Lipinski definition) is 4. The number of aromatic nitrogens is 1. The second-order valence-corrected chi connectivity index (χ2v) is 7.24. The van der Waals surface area contributed by atoms with E-state index in [-0.39, 0.29) is 11.5 Å². The summed E-state index contributed by atoms with van der Waals surface area (Å²) in [5.41, 5.74) is 2.05. The molecule has 0 unspecified atom stereocenters. The number of benzene rings is 2. The van der Waals surface area contributed by atoms with Crippen LogP contribution < -0.4 is 10.6 Å². The van der Waals surface area contributed by atoms with Gasteiger partial charge in [-0.2, -0.15) is 0 Å². The van der Waals surface area contributed by atoms with Gasteiger partial charge < -0.3 is 15.7 Å². The summed E-state index contributed by atoms with van der Waals surface area (Å²) in [5.74, 6) is -1.33. The third-order valence-corrected chi connectivity index (χ3v) is 4.51. The Bertz CT molecular complexity index is 1100. The molecule has 0 saturated heterocycles. The maximum absolute atomic E-state index is 13.0. The Morgan fingerprint density at radius 1 is 1.07 bits per heavy atom. The summed E-state index contributed by atoms with van der Waals surface area (Å²) >= 11 is 0. The van der Waals surface area contributed by atoms with Crippen LogP contribution in [-0.2, 0) is 0 Å². The van der Waals surface area contributed by atoms with Crippen LogP contribution >= 0.6 is 0 Å². The number of nitrogens with zero attached hydrogens (tertiary/aromatic N) is 1. The first-order valence-corrected chi connectivity index (χ1v) is 9.31. The molecule has 0 aliphatic carbocycles. The number of carbonyl (C=O) groups is 3. The number of carbonyl (C=O) groups excluding carboxylic acids is 2. The van der Waals surface area contributed by atoms with Gasteiger partial charge in [0.25, 0.3) is 5.91 Å². The highest BCUT2D eigenvalue weighted by molar-refractivity contribution is 6.15. The van der Waals surface area contributed by atoms with Crippen LogP contribution in [0.3, 0.4) is 0 Å². The Kier molecular flexibility index (Phi) is 5.68. The largest absolute Gasteiger partial charge is 0.478 e. The van der Waals surface area contributed by atoms with Crippen molar-refractivity contribution in [2.75, 3.05) is 17.2 Å². The fourth-order valence-corrected chi connectivity index (χ4v) is 3.06. The Morgan fingerprint density at radius 2 is 1.79 bits per heavy atom. The van der Waals surface area contributed by atoms with Crippen LogP contribution in [0.15, 0.2) is 48.7 Å². The van der Waals surface area contributed by atoms with E-state index in [9.17, 15) is 19.5 Å². The van der Waals surface area contributed by atoms with E-state index in [0.717, 1.165) is 0 Å². The Hall–Kier alpha value is -3.61. The molecule has 7 heteroatoms. The number of para-hydroxylation sites is 1. The summed E-state index contributed by atoms with van der Waals surface area (Å²) in [6.45, 7) is 6.19. The fourth-order valence-electron chi connectivity index (χ4n) is 3.06. The molecule has 0 radical (unpaired) electrons. The molecule has 0 saturated carbocycles. The molecule has 2 aromatic carbocycles. The van der Waals surface area contributed by atoms with Crippen LogP contribution in [0.1, 0.15) is 46.3 Å². The number of fused-ring (bicyclic) bond motifs is 1. The second kappa shape index (κ2) is 8.18. The Labute approximate surface area is 168 Å². The minimum Gasteiger partial charge on any atom is -0.478 e. The molecule has 0 atom stereocenters. The molecule has 150 valence electrons. The van der Waals surface area contributed by atoms with Crippen LogP contribution in [0.2, 0.25) is 0 Å². The molecular weight excluding hydrogens is 370 g/mol. The van der Waals surface area contributed by atoms with Gasteiger partial charge in [0, 0.05) is 25.1 Å². The van der Waals surface area contributed by atoms with Crippen LogP contribution in [0.5, 0.6) is 0 Å². The maximum atomic E-state index is 13.0. The lowest BCUT2D eigenvalue weighted by molar-refractivity contribution is 0.0696. The van der Waals surface area contributed by atoms with E-state index in [1.54, 1.807) is 30.3 Å². The Balaban J connectivity index is 2.00. The number of anilines is 2. The molecule has 3 rings (SSSR count). The second-order valence-electron chi connectivity index (χ2n) is 7.24. The predicted molar refractivity (Wildman–Crippen MR) is 113 cm³/mol. The number of rotatable bonds is 6. The van der Waals surface area contributed by atoms with Crippen molar-refractivity contribution in [3.05, 3.63) is 59.8 Å². The van der Waals surface area contributed by atoms with Gasteiger partial charge in [-0.05, 0) is 30.2 Å². The molecule has 0 spiro atoms. The number of nitrogens with one attached hydrogen (secondary N) is 2. The van der Waals surface area contributed by atoms with Crippen molar-refractivity contribution in [1.82, 2.24) is 4.57 Å². The average Bonchev–Trinajstić information content (AvgIpc) is 3.07. The number of hydrogen-bond donors (Lipinski definition) is 3. The predicted octanol–water partition coefficient (Wildman–Crippen LogP) is 4.32. The van der Waals surface area contributed by atoms with Crippen LogP contribution in [-0.4, -0.2) is 34.0 Å². The monoisotopic (exact) mass is 393 g/mol. The summed E-state index contributed by atoms with van der Waals surface area (Å²) in [5, 5.41) is 16.0. The molecule has 3 aromatic rings. The SMILES string of the molecule is CC(=O)n1cc(C(=O)Nc2cc(C(=O)O)ccc2NCC(C)C)c2ccccc21. The summed E-state index contributed by atoms with van der Waals surface area (Å²) in [6, 6.07) is 11.7. The topological polar surface area (TPSA) is 100 Å². The molecule has 29 heavy (non-hydrogen) atoms. The van der Waals surface area contributed by atoms with Gasteiger partial charge in [0.1, 0.15) is 0 Å². The lowest BCUT2D eigenvalue weighted by Gasteiger charge is -2.15. The van der Waals surface area contributed by atoms with Crippen molar-refractivity contribution in [1.29, 1.82) is 0 Å². The first-order chi connectivity index (χ1) is 13.8. The summed E-state index contributed by atoms with van der Waals surface area (Å²) in [4.78, 5) is 36.3. The molecule has 0 aliphatic rings. The normalized spacial score (nSPS) is 10.9. The van der Waals surface area contributed by atoms with Crippen molar-refractivity contribution in [3.63, 3.8) is 0 Å². The van der Waals surface area contributed by atoms with Crippen molar-refractivity contribution in [2.24, 2.45) is 5.92 Å². The van der Waals surface area contributed by atoms with E-state index in [1.165, 1.54) is 29.8 Å². The highest BCUT2D eigenvalue weighted by Gasteiger charge is 2.18. The van der Waals surface area contributed by atoms with Crippen molar-refractivity contribution in [3.8, 4) is 0 Å². The van der Waals surface area contributed by atoms with Gasteiger partial charge in [0.15, 0.2) is 0 Å². The van der Waals surface area contributed by atoms with Crippen LogP contribution in [0, 0.1) is 5.92 Å². The van der Waals surface area contributed by atoms with Gasteiger partial charge in [-0.3, -0.25) is 14.2 Å². The van der Waals surface area contributed by atoms with Gasteiger partial charge in [-0.1, -0.05) is 32.0 Å². The van der Waals surface area contributed by atoms with Gasteiger partial charge in [-0.15, -0.1) is 0 Å². The molecule has 7 nitrogen and oxygen atoms in total. The third-order valence-electron chi connectivity index (χ3n) is 4.51. The fraction of sp³-hybridized carbons (Fsp3) is 0.227. The molecule has 1 heterocycles. The standard InChI is InChI=1S/C22H23N3O4/c1-13(2)11-23-18-9-8-15(22(28)29)10-19(18)24-21(27)17-12-25(14(3)26)20-7-5-4-6-16(17)20/h4-10,12-13,23H,11H2,1-3H3,(H,24,27)(H,28,29).